The molecule has 0 heterocycles. The maximum atomic E-state index is 12.0. The number of ketones is 1. The normalized spacial score (nSPS) is 21.8. The Morgan fingerprint density at radius 3 is 2.84 bits per heavy atom. The van der Waals surface area contributed by atoms with Gasteiger partial charge in [0.15, 0.2) is 5.78 Å². The minimum atomic E-state index is -0.513. The third kappa shape index (κ3) is 8.64. The van der Waals surface area contributed by atoms with Gasteiger partial charge in [-0.1, -0.05) is 49.5 Å². The first-order valence-corrected chi connectivity index (χ1v) is 9.03. The summed E-state index contributed by atoms with van der Waals surface area (Å²) in [4.78, 5) is 23.0. The van der Waals surface area contributed by atoms with Crippen molar-refractivity contribution in [3.8, 4) is 0 Å². The van der Waals surface area contributed by atoms with Crippen molar-refractivity contribution in [2.45, 2.75) is 51.6 Å². The molecule has 0 aromatic heterocycles. The van der Waals surface area contributed by atoms with Crippen LogP contribution in [0.3, 0.4) is 0 Å². The molecule has 1 N–H and O–H groups in total. The van der Waals surface area contributed by atoms with Gasteiger partial charge in [0.25, 0.3) is 0 Å². The van der Waals surface area contributed by atoms with Gasteiger partial charge in [0, 0.05) is 18.3 Å². The topological polar surface area (TPSA) is 63.6 Å². The second-order valence-electron chi connectivity index (χ2n) is 6.19. The molecule has 0 spiro atoms. The van der Waals surface area contributed by atoms with Crippen LogP contribution in [-0.2, 0) is 14.3 Å². The lowest BCUT2D eigenvalue weighted by Gasteiger charge is -2.13. The first-order valence-electron chi connectivity index (χ1n) is 9.03. The monoisotopic (exact) mass is 346 g/mol. The van der Waals surface area contributed by atoms with Crippen LogP contribution in [0.2, 0.25) is 0 Å². The molecule has 0 aromatic carbocycles. The Bertz CT molecular complexity index is 528. The van der Waals surface area contributed by atoms with Crippen molar-refractivity contribution in [2.24, 2.45) is 11.8 Å². The maximum absolute atomic E-state index is 12.0. The Hall–Kier alpha value is -1.94. The van der Waals surface area contributed by atoms with Crippen molar-refractivity contribution >= 4 is 11.8 Å². The van der Waals surface area contributed by atoms with Gasteiger partial charge in [0.1, 0.15) is 0 Å². The average molecular weight is 346 g/mol. The summed E-state index contributed by atoms with van der Waals surface area (Å²) in [6.07, 6.45) is 19.0. The Kier molecular flexibility index (Phi) is 10.5. The summed E-state index contributed by atoms with van der Waals surface area (Å²) in [5.74, 6) is -0.112. The molecule has 3 unspecified atom stereocenters. The highest BCUT2D eigenvalue weighted by molar-refractivity contribution is 5.95. The molecule has 138 valence electrons. The zero-order valence-corrected chi connectivity index (χ0v) is 15.3. The molecule has 0 aromatic rings. The number of aliphatic hydroxyl groups excluding tert-OH is 1. The SMILES string of the molecule is CCC=CCC(O)C=CC1C=CC(=O)C1CC=CCCCC(=O)OC. The molecule has 0 saturated carbocycles. The number of methoxy groups -OCH3 is 1. The summed E-state index contributed by atoms with van der Waals surface area (Å²) < 4.78 is 4.59. The number of unbranched alkanes of at least 4 members (excludes halogenated alkanes) is 1. The number of hydrogen-bond donors (Lipinski definition) is 1. The van der Waals surface area contributed by atoms with Gasteiger partial charge >= 0.3 is 5.97 Å². The van der Waals surface area contributed by atoms with Gasteiger partial charge < -0.3 is 9.84 Å². The van der Waals surface area contributed by atoms with Crippen molar-refractivity contribution in [1.29, 1.82) is 0 Å². The third-order valence-electron chi connectivity index (χ3n) is 4.18. The number of rotatable bonds is 11. The van der Waals surface area contributed by atoms with Crippen molar-refractivity contribution < 1.29 is 19.4 Å². The van der Waals surface area contributed by atoms with Gasteiger partial charge in [-0.3, -0.25) is 9.59 Å². The molecule has 0 bridgehead atoms. The highest BCUT2D eigenvalue weighted by Crippen LogP contribution is 2.27. The van der Waals surface area contributed by atoms with E-state index in [-0.39, 0.29) is 23.6 Å². The van der Waals surface area contributed by atoms with Crippen LogP contribution in [0.4, 0.5) is 0 Å². The van der Waals surface area contributed by atoms with E-state index in [1.807, 2.05) is 36.5 Å². The quantitative estimate of drug-likeness (QED) is 0.350. The van der Waals surface area contributed by atoms with Crippen LogP contribution in [0, 0.1) is 11.8 Å². The van der Waals surface area contributed by atoms with E-state index in [0.717, 1.165) is 19.3 Å². The van der Waals surface area contributed by atoms with Gasteiger partial charge in [0.2, 0.25) is 0 Å². The van der Waals surface area contributed by atoms with Crippen molar-refractivity contribution in [2.75, 3.05) is 7.11 Å². The summed E-state index contributed by atoms with van der Waals surface area (Å²) in [6, 6.07) is 0. The van der Waals surface area contributed by atoms with E-state index in [1.165, 1.54) is 7.11 Å². The molecule has 1 rings (SSSR count). The summed E-state index contributed by atoms with van der Waals surface area (Å²) in [7, 11) is 1.39. The largest absolute Gasteiger partial charge is 0.469 e. The number of esters is 1. The fourth-order valence-corrected chi connectivity index (χ4v) is 2.69. The highest BCUT2D eigenvalue weighted by Gasteiger charge is 2.27. The number of allylic oxidation sites excluding steroid dienone is 6. The third-order valence-corrected chi connectivity index (χ3v) is 4.18. The van der Waals surface area contributed by atoms with E-state index in [9.17, 15) is 14.7 Å². The van der Waals surface area contributed by atoms with Crippen LogP contribution in [0.1, 0.15) is 45.4 Å². The molecule has 0 amide bonds. The molecule has 0 aliphatic heterocycles. The zero-order valence-electron chi connectivity index (χ0n) is 15.3. The number of carbonyl (C=O) groups excluding carboxylic acids is 2. The Morgan fingerprint density at radius 1 is 1.32 bits per heavy atom. The second-order valence-corrected chi connectivity index (χ2v) is 6.19. The molecule has 1 aliphatic rings. The average Bonchev–Trinajstić information content (AvgIpc) is 2.96. The standard InChI is InChI=1S/C21H30O4/c1-3-4-7-10-18(22)15-13-17-14-16-20(23)19(17)11-8-5-6-9-12-21(24)25-2/h4-5,7-8,13-19,22H,3,6,9-12H2,1-2H3. The molecule has 3 atom stereocenters. The van der Waals surface area contributed by atoms with Crippen LogP contribution in [0.5, 0.6) is 0 Å². The Balaban J connectivity index is 2.40. The molecular formula is C21H30O4. The predicted molar refractivity (Wildman–Crippen MR) is 99.9 cm³/mol. The van der Waals surface area contributed by atoms with Crippen molar-refractivity contribution in [3.05, 3.63) is 48.6 Å². The Morgan fingerprint density at radius 2 is 2.12 bits per heavy atom. The molecule has 0 saturated heterocycles. The Labute approximate surface area is 151 Å². The molecule has 4 heteroatoms. The van der Waals surface area contributed by atoms with E-state index >= 15 is 0 Å². The fourth-order valence-electron chi connectivity index (χ4n) is 2.69. The van der Waals surface area contributed by atoms with Crippen molar-refractivity contribution in [1.82, 2.24) is 0 Å². The van der Waals surface area contributed by atoms with Gasteiger partial charge in [-0.2, -0.15) is 0 Å². The van der Waals surface area contributed by atoms with E-state index < -0.39 is 6.10 Å². The van der Waals surface area contributed by atoms with Crippen LogP contribution in [0.15, 0.2) is 48.6 Å². The molecule has 0 fully saturated rings. The summed E-state index contributed by atoms with van der Waals surface area (Å²) in [5.41, 5.74) is 0. The minimum Gasteiger partial charge on any atom is -0.469 e. The smallest absolute Gasteiger partial charge is 0.305 e. The summed E-state index contributed by atoms with van der Waals surface area (Å²) in [5, 5.41) is 9.93. The number of carbonyl (C=O) groups is 2. The lowest BCUT2D eigenvalue weighted by Crippen LogP contribution is -2.14. The van der Waals surface area contributed by atoms with E-state index in [0.29, 0.717) is 19.3 Å². The lowest BCUT2D eigenvalue weighted by molar-refractivity contribution is -0.140. The second kappa shape index (κ2) is 12.4. The first kappa shape index (κ1) is 21.1. The van der Waals surface area contributed by atoms with Crippen molar-refractivity contribution in [3.63, 3.8) is 0 Å². The van der Waals surface area contributed by atoms with E-state index in [2.05, 4.69) is 11.7 Å². The van der Waals surface area contributed by atoms with Crippen LogP contribution >= 0.6 is 0 Å². The van der Waals surface area contributed by atoms with Gasteiger partial charge in [-0.25, -0.2) is 0 Å². The first-order chi connectivity index (χ1) is 12.1. The predicted octanol–water partition coefficient (Wildman–Crippen LogP) is 3.92. The van der Waals surface area contributed by atoms with E-state index in [4.69, 9.17) is 0 Å². The number of aliphatic hydroxyl groups is 1. The maximum Gasteiger partial charge on any atom is 0.305 e. The van der Waals surface area contributed by atoms with Gasteiger partial charge in [-0.15, -0.1) is 0 Å². The van der Waals surface area contributed by atoms with Gasteiger partial charge in [-0.05, 0) is 38.2 Å². The highest BCUT2D eigenvalue weighted by atomic mass is 16.5. The van der Waals surface area contributed by atoms with Crippen LogP contribution in [-0.4, -0.2) is 30.1 Å². The lowest BCUT2D eigenvalue weighted by atomic mass is 9.90. The molecule has 25 heavy (non-hydrogen) atoms. The van der Waals surface area contributed by atoms with Crippen LogP contribution < -0.4 is 0 Å². The minimum absolute atomic E-state index is 0.0389. The molecule has 1 aliphatic carbocycles. The number of ether oxygens (including phenoxy) is 1. The molecule has 4 nitrogen and oxygen atoms in total. The molecule has 0 radical (unpaired) electrons. The van der Waals surface area contributed by atoms with Crippen LogP contribution in [0.25, 0.3) is 0 Å². The fraction of sp³-hybridized carbons (Fsp3) is 0.524. The summed E-state index contributed by atoms with van der Waals surface area (Å²) in [6.45, 7) is 2.06. The molecular weight excluding hydrogens is 316 g/mol. The zero-order chi connectivity index (χ0) is 18.5. The number of hydrogen-bond acceptors (Lipinski definition) is 4. The van der Waals surface area contributed by atoms with Gasteiger partial charge in [0.05, 0.1) is 13.2 Å². The van der Waals surface area contributed by atoms with E-state index in [1.54, 1.807) is 12.2 Å². The summed E-state index contributed by atoms with van der Waals surface area (Å²) >= 11 is 0.